The first kappa shape index (κ1) is 28.0. The fraction of sp³-hybridized carbons (Fsp3) is 0.406. The molecule has 11 heteroatoms. The van der Waals surface area contributed by atoms with Crippen molar-refractivity contribution in [3.8, 4) is 11.5 Å². The Morgan fingerprint density at radius 3 is 2.67 bits per heavy atom. The second-order valence-corrected chi connectivity index (χ2v) is 12.4. The van der Waals surface area contributed by atoms with E-state index in [-0.39, 0.29) is 18.1 Å². The van der Waals surface area contributed by atoms with E-state index < -0.39 is 30.0 Å². The highest BCUT2D eigenvalue weighted by molar-refractivity contribution is 6.30. The molecule has 1 saturated heterocycles. The summed E-state index contributed by atoms with van der Waals surface area (Å²) in [5, 5.41) is 9.84. The van der Waals surface area contributed by atoms with Crippen LogP contribution in [0.5, 0.6) is 11.5 Å². The number of carboxylic acid groups (broad SMARTS) is 1. The molecular weight excluding hydrogens is 578 g/mol. The Labute approximate surface area is 252 Å². The van der Waals surface area contributed by atoms with Crippen LogP contribution in [-0.2, 0) is 13.1 Å². The van der Waals surface area contributed by atoms with Crippen molar-refractivity contribution in [1.29, 1.82) is 0 Å². The van der Waals surface area contributed by atoms with Crippen molar-refractivity contribution >= 4 is 28.7 Å². The van der Waals surface area contributed by atoms with E-state index in [0.717, 1.165) is 50.2 Å². The molecule has 43 heavy (non-hydrogen) atoms. The van der Waals surface area contributed by atoms with Gasteiger partial charge in [-0.2, -0.15) is 0 Å². The molecule has 4 aromatic rings. The highest BCUT2D eigenvalue weighted by Crippen LogP contribution is 2.48. The lowest BCUT2D eigenvalue weighted by Crippen LogP contribution is -2.34. The average Bonchev–Trinajstić information content (AvgIpc) is 3.72. The van der Waals surface area contributed by atoms with Crippen LogP contribution in [0.1, 0.15) is 65.0 Å². The number of hydrogen-bond acceptors (Lipinski definition) is 6. The SMILES string of the molecule is O=C(O)c1cnc2nc(CN3CCC(c4cccc5c4O[C@@H](c4ccc(Cl)cc4F)CO5)CC3)n(CC3(CF)CC3)c2c1. The number of carboxylic acids is 1. The Balaban J connectivity index is 1.09. The molecular formula is C32H31ClF2N4O4. The van der Waals surface area contributed by atoms with Gasteiger partial charge in [-0.3, -0.25) is 9.29 Å². The van der Waals surface area contributed by atoms with Gasteiger partial charge < -0.3 is 19.1 Å². The summed E-state index contributed by atoms with van der Waals surface area (Å²) in [7, 11) is 0. The van der Waals surface area contributed by atoms with Gasteiger partial charge in [0, 0.05) is 34.3 Å². The van der Waals surface area contributed by atoms with E-state index in [4.69, 9.17) is 26.1 Å². The quantitative estimate of drug-likeness (QED) is 0.242. The summed E-state index contributed by atoms with van der Waals surface area (Å²) >= 11 is 5.95. The minimum Gasteiger partial charge on any atom is -0.485 e. The number of rotatable bonds is 8. The zero-order valence-corrected chi connectivity index (χ0v) is 24.2. The lowest BCUT2D eigenvalue weighted by atomic mass is 9.88. The van der Waals surface area contributed by atoms with Gasteiger partial charge in [0.2, 0.25) is 0 Å². The Bertz CT molecular complexity index is 1700. The number of piperidine rings is 1. The van der Waals surface area contributed by atoms with Gasteiger partial charge in [0.1, 0.15) is 18.2 Å². The van der Waals surface area contributed by atoms with Gasteiger partial charge in [0.25, 0.3) is 0 Å². The number of nitrogens with zero attached hydrogens (tertiary/aromatic N) is 4. The molecule has 1 N–H and O–H groups in total. The molecule has 8 nitrogen and oxygen atoms in total. The van der Waals surface area contributed by atoms with Crippen LogP contribution in [0.2, 0.25) is 5.02 Å². The predicted molar refractivity (Wildman–Crippen MR) is 156 cm³/mol. The second kappa shape index (κ2) is 11.1. The topological polar surface area (TPSA) is 89.7 Å². The first-order chi connectivity index (χ1) is 20.8. The maximum Gasteiger partial charge on any atom is 0.337 e. The molecule has 7 rings (SSSR count). The maximum absolute atomic E-state index is 14.7. The number of aromatic carboxylic acids is 1. The van der Waals surface area contributed by atoms with Crippen LogP contribution in [-0.4, -0.2) is 56.9 Å². The number of imidazole rings is 1. The molecule has 1 aliphatic carbocycles. The van der Waals surface area contributed by atoms with E-state index in [9.17, 15) is 18.7 Å². The van der Waals surface area contributed by atoms with Crippen molar-refractivity contribution < 1.29 is 28.2 Å². The maximum atomic E-state index is 14.7. The molecule has 0 radical (unpaired) electrons. The minimum absolute atomic E-state index is 0.0875. The van der Waals surface area contributed by atoms with E-state index in [0.29, 0.717) is 46.3 Å². The third-order valence-corrected chi connectivity index (χ3v) is 9.26. The van der Waals surface area contributed by atoms with Gasteiger partial charge >= 0.3 is 5.97 Å². The van der Waals surface area contributed by atoms with E-state index in [1.165, 1.54) is 12.3 Å². The zero-order chi connectivity index (χ0) is 29.7. The van der Waals surface area contributed by atoms with Crippen molar-refractivity contribution in [3.05, 3.63) is 82.0 Å². The largest absolute Gasteiger partial charge is 0.485 e. The number of aromatic nitrogens is 3. The van der Waals surface area contributed by atoms with Crippen LogP contribution >= 0.6 is 11.6 Å². The molecule has 0 amide bonds. The first-order valence-electron chi connectivity index (χ1n) is 14.6. The molecule has 0 unspecified atom stereocenters. The van der Waals surface area contributed by atoms with Crippen molar-refractivity contribution in [1.82, 2.24) is 19.4 Å². The van der Waals surface area contributed by atoms with Gasteiger partial charge in [0.15, 0.2) is 23.3 Å². The molecule has 2 aromatic carbocycles. The number of carbonyl (C=O) groups is 1. The van der Waals surface area contributed by atoms with Crippen LogP contribution in [0.3, 0.4) is 0 Å². The van der Waals surface area contributed by atoms with E-state index in [2.05, 4.69) is 16.0 Å². The molecule has 3 aliphatic rings. The average molecular weight is 609 g/mol. The third kappa shape index (κ3) is 5.42. The molecule has 224 valence electrons. The lowest BCUT2D eigenvalue weighted by Gasteiger charge is -2.35. The lowest BCUT2D eigenvalue weighted by molar-refractivity contribution is 0.0696. The number of likely N-dealkylation sites (tertiary alicyclic amines) is 1. The summed E-state index contributed by atoms with van der Waals surface area (Å²) in [6.45, 7) is 2.41. The van der Waals surface area contributed by atoms with Gasteiger partial charge in [-0.1, -0.05) is 29.8 Å². The number of alkyl halides is 1. The second-order valence-electron chi connectivity index (χ2n) is 11.9. The van der Waals surface area contributed by atoms with Crippen molar-refractivity contribution in [2.24, 2.45) is 5.41 Å². The highest BCUT2D eigenvalue weighted by atomic mass is 35.5. The van der Waals surface area contributed by atoms with Crippen molar-refractivity contribution in [2.75, 3.05) is 26.4 Å². The number of pyridine rings is 1. The van der Waals surface area contributed by atoms with Crippen LogP contribution in [0.25, 0.3) is 11.2 Å². The number of ether oxygens (including phenoxy) is 2. The third-order valence-electron chi connectivity index (χ3n) is 9.03. The Hall–Kier alpha value is -3.76. The summed E-state index contributed by atoms with van der Waals surface area (Å²) in [6, 6.07) is 12.1. The first-order valence-corrected chi connectivity index (χ1v) is 14.9. The van der Waals surface area contributed by atoms with Crippen LogP contribution < -0.4 is 9.47 Å². The van der Waals surface area contributed by atoms with E-state index in [1.54, 1.807) is 18.2 Å². The molecule has 2 aliphatic heterocycles. The molecule has 1 atom stereocenters. The van der Waals surface area contributed by atoms with Crippen molar-refractivity contribution in [3.63, 3.8) is 0 Å². The molecule has 0 bridgehead atoms. The summed E-state index contributed by atoms with van der Waals surface area (Å²) in [5.41, 5.74) is 2.24. The predicted octanol–water partition coefficient (Wildman–Crippen LogP) is 6.56. The number of para-hydroxylation sites is 1. The van der Waals surface area contributed by atoms with Gasteiger partial charge in [0.05, 0.1) is 24.3 Å². The Morgan fingerprint density at radius 1 is 1.14 bits per heavy atom. The van der Waals surface area contributed by atoms with Crippen LogP contribution in [0.4, 0.5) is 8.78 Å². The number of benzene rings is 2. The normalized spacial score (nSPS) is 19.9. The van der Waals surface area contributed by atoms with Crippen molar-refractivity contribution in [2.45, 2.75) is 50.8 Å². The summed E-state index contributed by atoms with van der Waals surface area (Å²) in [4.78, 5) is 23.0. The summed E-state index contributed by atoms with van der Waals surface area (Å²) in [6.07, 6.45) is 4.09. The smallest absolute Gasteiger partial charge is 0.337 e. The van der Waals surface area contributed by atoms with Gasteiger partial charge in [-0.25, -0.2) is 19.2 Å². The van der Waals surface area contributed by atoms with Gasteiger partial charge in [-0.15, -0.1) is 0 Å². The molecule has 0 spiro atoms. The minimum atomic E-state index is -1.06. The Kier molecular flexibility index (Phi) is 7.21. The number of fused-ring (bicyclic) bond motifs is 2. The summed E-state index contributed by atoms with van der Waals surface area (Å²) < 4.78 is 42.9. The monoisotopic (exact) mass is 608 g/mol. The van der Waals surface area contributed by atoms with E-state index >= 15 is 0 Å². The number of hydrogen-bond donors (Lipinski definition) is 1. The van der Waals surface area contributed by atoms with Crippen LogP contribution in [0, 0.1) is 11.2 Å². The fourth-order valence-corrected chi connectivity index (χ4v) is 6.43. The Morgan fingerprint density at radius 2 is 1.95 bits per heavy atom. The summed E-state index contributed by atoms with van der Waals surface area (Å²) in [5.74, 6) is 0.840. The van der Waals surface area contributed by atoms with Gasteiger partial charge in [-0.05, 0) is 69.0 Å². The molecule has 4 heterocycles. The highest BCUT2D eigenvalue weighted by Gasteiger charge is 2.44. The molecule has 1 saturated carbocycles. The molecule has 2 aromatic heterocycles. The van der Waals surface area contributed by atoms with Crippen LogP contribution in [0.15, 0.2) is 48.7 Å². The fourth-order valence-electron chi connectivity index (χ4n) is 6.27. The standard InChI is InChI=1S/C32H31ClF2N4O4/c33-21-4-5-23(24(35)13-21)27-16-42-26-3-1-2-22(29(26)43-27)19-6-10-38(11-7-19)15-28-37-30-25(12-20(14-36-30)31(40)41)39(28)18-32(17-34)8-9-32/h1-5,12-14,19,27H,6-11,15-18H2,(H,40,41)/t27-/m1/s1. The van der Waals surface area contributed by atoms with E-state index in [1.807, 2.05) is 16.7 Å². The zero-order valence-electron chi connectivity index (χ0n) is 23.4. The number of halogens is 3. The molecule has 2 fully saturated rings.